The fourth-order valence-corrected chi connectivity index (χ4v) is 12.5. The topological polar surface area (TPSA) is 166 Å². The van der Waals surface area contributed by atoms with Gasteiger partial charge in [-0.2, -0.15) is 0 Å². The molecule has 7 aliphatic rings. The number of benzene rings is 3. The summed E-state index contributed by atoms with van der Waals surface area (Å²) in [6.07, 6.45) is -0.303. The highest BCUT2D eigenvalue weighted by atomic mass is 32.2. The molecule has 7 aliphatic heterocycles. The number of methoxy groups -OCH3 is 1. The van der Waals surface area contributed by atoms with E-state index in [9.17, 15) is 24.9 Å². The van der Waals surface area contributed by atoms with Gasteiger partial charge >= 0.3 is 11.9 Å². The zero-order valence-electron chi connectivity index (χ0n) is 31.5. The molecule has 1 spiro atoms. The van der Waals surface area contributed by atoms with Crippen LogP contribution in [0.25, 0.3) is 10.9 Å². The number of aromatic amines is 1. The lowest BCUT2D eigenvalue weighted by Gasteiger charge is -2.62. The number of piperazine rings is 1. The summed E-state index contributed by atoms with van der Waals surface area (Å²) in [5, 5.41) is 38.9. The van der Waals surface area contributed by atoms with Gasteiger partial charge in [0.1, 0.15) is 18.9 Å². The van der Waals surface area contributed by atoms with Crippen molar-refractivity contribution in [3.63, 3.8) is 0 Å². The van der Waals surface area contributed by atoms with Crippen LogP contribution in [0.5, 0.6) is 23.0 Å². The first-order valence-corrected chi connectivity index (χ1v) is 19.8. The van der Waals surface area contributed by atoms with E-state index < -0.39 is 53.1 Å². The SMILES string of the molecule is COc1c(C)cc2c(c1O)[C@H]1[C@@H]3[C@@H]4SC[C@]5(N[C@H](C(=O)O)Cc6c5[nH]c5ccc(C)cc65)C(=O)OC[C@@H](c5c6c(c(C)c(C)c54)OCO6)N3[C@@H](O)[C@@H](C2)N1C. The van der Waals surface area contributed by atoms with E-state index in [-0.39, 0.29) is 37.4 Å². The number of aryl methyl sites for hydroxylation is 2. The van der Waals surface area contributed by atoms with E-state index in [2.05, 4.69) is 33.1 Å². The highest BCUT2D eigenvalue weighted by Gasteiger charge is 2.61. The summed E-state index contributed by atoms with van der Waals surface area (Å²) in [5.41, 5.74) is 7.98. The molecular formula is C41H44N4O9S. The summed E-state index contributed by atoms with van der Waals surface area (Å²) in [7, 11) is 3.56. The molecule has 0 radical (unpaired) electrons. The first-order chi connectivity index (χ1) is 26.4. The molecular weight excluding hydrogens is 725 g/mol. The number of H-pyrrole nitrogens is 1. The number of carbonyl (C=O) groups is 2. The Labute approximate surface area is 321 Å². The van der Waals surface area contributed by atoms with Gasteiger partial charge in [0.25, 0.3) is 0 Å². The third-order valence-electron chi connectivity index (χ3n) is 13.3. The lowest BCUT2D eigenvalue weighted by Crippen LogP contribution is -2.70. The number of carboxylic acids is 1. The molecule has 0 aliphatic carbocycles. The zero-order chi connectivity index (χ0) is 38.4. The van der Waals surface area contributed by atoms with Crippen LogP contribution >= 0.6 is 11.8 Å². The number of rotatable bonds is 2. The molecule has 11 rings (SSSR count). The number of ether oxygens (including phenoxy) is 4. The van der Waals surface area contributed by atoms with Crippen molar-refractivity contribution >= 4 is 34.6 Å². The number of aromatic hydroxyl groups is 1. The van der Waals surface area contributed by atoms with Gasteiger partial charge in [-0.3, -0.25) is 19.9 Å². The molecule has 14 heteroatoms. The van der Waals surface area contributed by atoms with Crippen LogP contribution in [0.4, 0.5) is 0 Å². The Morgan fingerprint density at radius 1 is 1.04 bits per heavy atom. The number of nitrogens with one attached hydrogen (secondary N) is 2. The van der Waals surface area contributed by atoms with E-state index in [4.69, 9.17) is 18.9 Å². The average Bonchev–Trinajstić information content (AvgIpc) is 3.79. The Morgan fingerprint density at radius 3 is 2.58 bits per heavy atom. The second-order valence-corrected chi connectivity index (χ2v) is 17.2. The number of esters is 1. The van der Waals surface area contributed by atoms with E-state index in [0.29, 0.717) is 29.4 Å². The molecule has 2 fully saturated rings. The molecule has 3 aromatic carbocycles. The van der Waals surface area contributed by atoms with Crippen LogP contribution in [0.1, 0.15) is 73.1 Å². The number of carbonyl (C=O) groups excluding carboxylic acids is 1. The molecule has 288 valence electrons. The molecule has 2 saturated heterocycles. The summed E-state index contributed by atoms with van der Waals surface area (Å²) in [5.74, 6) is 0.188. The second kappa shape index (κ2) is 12.0. The highest BCUT2D eigenvalue weighted by molar-refractivity contribution is 7.99. The maximum absolute atomic E-state index is 14.9. The predicted molar refractivity (Wildman–Crippen MR) is 203 cm³/mol. The number of nitrogens with zero attached hydrogens (tertiary/aromatic N) is 2. The maximum atomic E-state index is 14.9. The normalized spacial score (nSPS) is 30.7. The van der Waals surface area contributed by atoms with Gasteiger partial charge in [0.2, 0.25) is 6.79 Å². The third kappa shape index (κ3) is 4.57. The van der Waals surface area contributed by atoms with Gasteiger partial charge in [0.05, 0.1) is 30.9 Å². The summed E-state index contributed by atoms with van der Waals surface area (Å²) in [6, 6.07) is 5.13. The summed E-state index contributed by atoms with van der Waals surface area (Å²) >= 11 is 1.53. The van der Waals surface area contributed by atoms with Crippen LogP contribution in [0.15, 0.2) is 24.3 Å². The highest BCUT2D eigenvalue weighted by Crippen LogP contribution is 2.63. The van der Waals surface area contributed by atoms with Crippen LogP contribution in [0.2, 0.25) is 0 Å². The maximum Gasteiger partial charge on any atom is 0.333 e. The van der Waals surface area contributed by atoms with Gasteiger partial charge in [-0.05, 0) is 86.7 Å². The van der Waals surface area contributed by atoms with Crippen molar-refractivity contribution in [1.82, 2.24) is 20.1 Å². The van der Waals surface area contributed by atoms with Crippen LogP contribution in [-0.2, 0) is 32.7 Å². The molecule has 1 aromatic heterocycles. The number of likely N-dealkylation sites (N-methyl/N-ethyl adjacent to an activating group) is 1. The van der Waals surface area contributed by atoms with E-state index >= 15 is 0 Å². The molecule has 4 aromatic rings. The number of aliphatic carboxylic acids is 1. The van der Waals surface area contributed by atoms with Crippen LogP contribution in [0, 0.1) is 27.7 Å². The largest absolute Gasteiger partial charge is 0.504 e. The fourth-order valence-electron chi connectivity index (χ4n) is 10.7. The minimum atomic E-state index is -1.55. The molecule has 0 amide bonds. The standard InChI is InChI=1S/C41H44N4O9S/c1-16-7-8-23-21(9-16)22-12-24(39(48)49)43-41(37(22)42-23)14-55-36-27-18(3)19(4)34-35(54-15-53-34)29(27)26(13-52-40(41)50)45-31(36)30-28-20(11-25(38(45)47)44(30)5)10-17(2)33(51-6)32(28)46/h7-10,24-26,30-31,36,38,42-43,46-47H,11-15H2,1-6H3,(H,48,49)/t24-,25+,26-,30-,31+,36+,38-,41+/m0/s1. The van der Waals surface area contributed by atoms with Gasteiger partial charge in [-0.1, -0.05) is 17.7 Å². The Hall–Kier alpha value is -4.47. The van der Waals surface area contributed by atoms with Crippen molar-refractivity contribution in [2.24, 2.45) is 0 Å². The minimum Gasteiger partial charge on any atom is -0.504 e. The van der Waals surface area contributed by atoms with Crippen molar-refractivity contribution in [1.29, 1.82) is 0 Å². The second-order valence-electron chi connectivity index (χ2n) is 16.0. The molecule has 0 unspecified atom stereocenters. The number of hydrogen-bond donors (Lipinski definition) is 5. The number of phenolic OH excluding ortho intramolecular Hbond substituents is 1. The Morgan fingerprint density at radius 2 is 1.82 bits per heavy atom. The van der Waals surface area contributed by atoms with Gasteiger partial charge in [0.15, 0.2) is 28.5 Å². The van der Waals surface area contributed by atoms with Crippen molar-refractivity contribution in [3.8, 4) is 23.0 Å². The van der Waals surface area contributed by atoms with Crippen molar-refractivity contribution in [2.45, 2.75) is 87.8 Å². The summed E-state index contributed by atoms with van der Waals surface area (Å²) < 4.78 is 24.5. The van der Waals surface area contributed by atoms with Gasteiger partial charge in [-0.25, -0.2) is 4.79 Å². The van der Waals surface area contributed by atoms with E-state index in [1.165, 1.54) is 11.8 Å². The molecule has 8 atom stereocenters. The minimum absolute atomic E-state index is 0.0446. The number of hydrogen-bond acceptors (Lipinski definition) is 12. The third-order valence-corrected chi connectivity index (χ3v) is 14.8. The quantitative estimate of drug-likeness (QED) is 0.183. The van der Waals surface area contributed by atoms with Gasteiger partial charge in [0, 0.05) is 45.5 Å². The molecule has 13 nitrogen and oxygen atoms in total. The van der Waals surface area contributed by atoms with E-state index in [1.54, 1.807) is 7.11 Å². The number of aliphatic hydroxyl groups is 1. The molecule has 55 heavy (non-hydrogen) atoms. The zero-order valence-corrected chi connectivity index (χ0v) is 32.3. The molecule has 8 heterocycles. The first-order valence-electron chi connectivity index (χ1n) is 18.8. The van der Waals surface area contributed by atoms with E-state index in [0.717, 1.165) is 61.0 Å². The first kappa shape index (κ1) is 35.0. The average molecular weight is 769 g/mol. The smallest absolute Gasteiger partial charge is 0.333 e. The lowest BCUT2D eigenvalue weighted by atomic mass is 9.72. The number of fused-ring (bicyclic) bond motifs is 11. The Kier molecular flexibility index (Phi) is 7.64. The Bertz CT molecular complexity index is 2360. The Balaban J connectivity index is 1.22. The molecule has 5 N–H and O–H groups in total. The van der Waals surface area contributed by atoms with Gasteiger partial charge < -0.3 is 39.3 Å². The summed E-state index contributed by atoms with van der Waals surface area (Å²) in [4.78, 5) is 35.6. The van der Waals surface area contributed by atoms with Crippen LogP contribution in [-0.4, -0.2) is 99.7 Å². The number of phenols is 1. The summed E-state index contributed by atoms with van der Waals surface area (Å²) in [6.45, 7) is 7.90. The fraction of sp³-hybridized carbons (Fsp3) is 0.463. The molecule has 0 saturated carbocycles. The van der Waals surface area contributed by atoms with Crippen molar-refractivity contribution in [3.05, 3.63) is 80.0 Å². The van der Waals surface area contributed by atoms with Crippen molar-refractivity contribution < 1.29 is 43.9 Å². The lowest BCUT2D eigenvalue weighted by molar-refractivity contribution is -0.186. The number of aliphatic hydroxyl groups excluding tert-OH is 1. The van der Waals surface area contributed by atoms with Crippen LogP contribution in [0.3, 0.4) is 0 Å². The monoisotopic (exact) mass is 768 g/mol. The van der Waals surface area contributed by atoms with E-state index in [1.807, 2.05) is 46.0 Å². The molecule has 4 bridgehead atoms. The predicted octanol–water partition coefficient (Wildman–Crippen LogP) is 4.33. The number of carboxylic acid groups (broad SMARTS) is 1. The number of aromatic nitrogens is 1. The van der Waals surface area contributed by atoms with Gasteiger partial charge in [-0.15, -0.1) is 11.8 Å². The van der Waals surface area contributed by atoms with Crippen LogP contribution < -0.4 is 19.5 Å². The van der Waals surface area contributed by atoms with Crippen molar-refractivity contribution in [2.75, 3.05) is 33.3 Å². The number of thioether (sulfide) groups is 1.